The molecule has 17 heavy (non-hydrogen) atoms. The van der Waals surface area contributed by atoms with Gasteiger partial charge in [-0.15, -0.1) is 0 Å². The van der Waals surface area contributed by atoms with Crippen molar-refractivity contribution in [3.05, 3.63) is 23.8 Å². The molecule has 1 unspecified atom stereocenters. The maximum Gasteiger partial charge on any atom is 0.314 e. The summed E-state index contributed by atoms with van der Waals surface area (Å²) in [4.78, 5) is 19.8. The summed E-state index contributed by atoms with van der Waals surface area (Å²) in [5, 5.41) is 9.22. The van der Waals surface area contributed by atoms with Crippen LogP contribution in [0.1, 0.15) is 56.5 Å². The van der Waals surface area contributed by atoms with Crippen LogP contribution in [-0.4, -0.2) is 21.0 Å². The molecule has 0 bridgehead atoms. The molecule has 1 saturated carbocycles. The number of aliphatic carboxylic acids is 1. The van der Waals surface area contributed by atoms with E-state index in [1.807, 2.05) is 19.9 Å². The summed E-state index contributed by atoms with van der Waals surface area (Å²) in [5.41, 5.74) is 1.01. The lowest BCUT2D eigenvalue weighted by molar-refractivity contribution is -0.140. The van der Waals surface area contributed by atoms with E-state index in [0.717, 1.165) is 18.5 Å². The van der Waals surface area contributed by atoms with Gasteiger partial charge in [-0.3, -0.25) is 4.79 Å². The van der Waals surface area contributed by atoms with Crippen molar-refractivity contribution >= 4 is 5.97 Å². The van der Waals surface area contributed by atoms with Crippen molar-refractivity contribution in [3.8, 4) is 0 Å². The van der Waals surface area contributed by atoms with Crippen molar-refractivity contribution in [1.82, 2.24) is 9.97 Å². The molecule has 1 atom stereocenters. The van der Waals surface area contributed by atoms with Crippen LogP contribution in [0.4, 0.5) is 0 Å². The highest BCUT2D eigenvalue weighted by molar-refractivity contribution is 5.75. The van der Waals surface area contributed by atoms with Gasteiger partial charge < -0.3 is 5.11 Å². The zero-order valence-corrected chi connectivity index (χ0v) is 10.3. The number of carbonyl (C=O) groups is 1. The van der Waals surface area contributed by atoms with Crippen molar-refractivity contribution in [2.75, 3.05) is 0 Å². The summed E-state index contributed by atoms with van der Waals surface area (Å²) in [5.74, 6) is -0.472. The number of carboxylic acids is 1. The molecular weight excluding hydrogens is 216 g/mol. The maximum absolute atomic E-state index is 11.2. The Balaban J connectivity index is 2.27. The van der Waals surface area contributed by atoms with E-state index in [-0.39, 0.29) is 5.92 Å². The molecule has 1 aromatic rings. The molecule has 0 aliphatic heterocycles. The molecule has 0 radical (unpaired) electrons. The number of hydrogen-bond acceptors (Lipinski definition) is 3. The predicted octanol–water partition coefficient (Wildman–Crippen LogP) is 2.57. The van der Waals surface area contributed by atoms with Crippen LogP contribution in [0, 0.1) is 5.92 Å². The van der Waals surface area contributed by atoms with E-state index in [4.69, 9.17) is 0 Å². The minimum Gasteiger partial charge on any atom is -0.481 e. The molecule has 0 spiro atoms. The molecule has 1 heterocycles. The van der Waals surface area contributed by atoms with Crippen LogP contribution in [0.2, 0.25) is 0 Å². The van der Waals surface area contributed by atoms with Crippen LogP contribution in [0.15, 0.2) is 12.3 Å². The van der Waals surface area contributed by atoms with Gasteiger partial charge in [-0.2, -0.15) is 0 Å². The van der Waals surface area contributed by atoms with Gasteiger partial charge in [0.05, 0.1) is 0 Å². The minimum atomic E-state index is -0.842. The largest absolute Gasteiger partial charge is 0.481 e. The van der Waals surface area contributed by atoms with Gasteiger partial charge in [-0.05, 0) is 24.8 Å². The first-order valence-electron chi connectivity index (χ1n) is 6.15. The van der Waals surface area contributed by atoms with Gasteiger partial charge in [0.1, 0.15) is 11.7 Å². The summed E-state index contributed by atoms with van der Waals surface area (Å²) in [6, 6.07) is 1.91. The fourth-order valence-electron chi connectivity index (χ4n) is 2.16. The maximum atomic E-state index is 11.2. The molecule has 0 aromatic carbocycles. The van der Waals surface area contributed by atoms with Gasteiger partial charge in [0.25, 0.3) is 0 Å². The summed E-state index contributed by atoms with van der Waals surface area (Å²) < 4.78 is 0. The molecule has 4 nitrogen and oxygen atoms in total. The van der Waals surface area contributed by atoms with Crippen molar-refractivity contribution in [3.63, 3.8) is 0 Å². The summed E-state index contributed by atoms with van der Waals surface area (Å²) >= 11 is 0. The Hall–Kier alpha value is -1.45. The molecule has 1 aromatic heterocycles. The van der Waals surface area contributed by atoms with Gasteiger partial charge in [-0.1, -0.05) is 20.3 Å². The van der Waals surface area contributed by atoms with Crippen LogP contribution in [0.25, 0.3) is 0 Å². The van der Waals surface area contributed by atoms with E-state index >= 15 is 0 Å². The highest BCUT2D eigenvalue weighted by atomic mass is 16.4. The molecule has 0 saturated heterocycles. The van der Waals surface area contributed by atoms with E-state index in [1.165, 1.54) is 6.42 Å². The molecule has 4 heteroatoms. The lowest BCUT2D eigenvalue weighted by Gasteiger charge is -2.25. The monoisotopic (exact) mass is 234 g/mol. The van der Waals surface area contributed by atoms with Gasteiger partial charge in [0.15, 0.2) is 0 Å². The topological polar surface area (TPSA) is 63.1 Å². The minimum absolute atomic E-state index is 0.00383. The third kappa shape index (κ3) is 2.46. The fourth-order valence-corrected chi connectivity index (χ4v) is 2.16. The van der Waals surface area contributed by atoms with E-state index < -0.39 is 11.9 Å². The fraction of sp³-hybridized carbons (Fsp3) is 0.615. The molecule has 0 amide bonds. The zero-order chi connectivity index (χ0) is 12.4. The van der Waals surface area contributed by atoms with Crippen LogP contribution in [0.3, 0.4) is 0 Å². The molecule has 1 aliphatic rings. The molecule has 1 N–H and O–H groups in total. The summed E-state index contributed by atoms with van der Waals surface area (Å²) in [6.45, 7) is 3.77. The van der Waals surface area contributed by atoms with Crippen LogP contribution in [-0.2, 0) is 4.79 Å². The number of hydrogen-bond donors (Lipinski definition) is 1. The Morgan fingerprint density at radius 2 is 2.18 bits per heavy atom. The smallest absolute Gasteiger partial charge is 0.314 e. The number of nitrogens with zero attached hydrogens (tertiary/aromatic N) is 2. The zero-order valence-electron chi connectivity index (χ0n) is 10.3. The van der Waals surface area contributed by atoms with Crippen LogP contribution < -0.4 is 0 Å². The Morgan fingerprint density at radius 3 is 2.65 bits per heavy atom. The second-order valence-electron chi connectivity index (χ2n) is 5.03. The molecule has 1 aliphatic carbocycles. The van der Waals surface area contributed by atoms with Crippen molar-refractivity contribution in [2.45, 2.75) is 44.9 Å². The first kappa shape index (κ1) is 12.0. The lowest BCUT2D eigenvalue weighted by Crippen LogP contribution is -2.21. The Kier molecular flexibility index (Phi) is 3.41. The average Bonchev–Trinajstić information content (AvgIpc) is 2.14. The van der Waals surface area contributed by atoms with Crippen LogP contribution in [0.5, 0.6) is 0 Å². The summed E-state index contributed by atoms with van der Waals surface area (Å²) in [7, 11) is 0. The number of rotatable bonds is 4. The molecule has 2 rings (SSSR count). The Labute approximate surface area is 101 Å². The Morgan fingerprint density at radius 1 is 1.47 bits per heavy atom. The third-order valence-electron chi connectivity index (χ3n) is 3.43. The predicted molar refractivity (Wildman–Crippen MR) is 63.8 cm³/mol. The highest BCUT2D eigenvalue weighted by Crippen LogP contribution is 2.35. The summed E-state index contributed by atoms with van der Waals surface area (Å²) in [6.07, 6.45) is 5.26. The normalized spacial score (nSPS) is 17.8. The SMILES string of the molecule is CC(C)C(C(=O)O)c1nccc(C2CCC2)n1. The standard InChI is InChI=1S/C13H18N2O2/c1-8(2)11(13(16)17)12-14-7-6-10(15-12)9-4-3-5-9/h6-9,11H,3-5H2,1-2H3,(H,16,17). The number of carboxylic acid groups (broad SMARTS) is 1. The first-order valence-corrected chi connectivity index (χ1v) is 6.15. The first-order chi connectivity index (χ1) is 8.09. The van der Waals surface area contributed by atoms with Gasteiger partial charge >= 0.3 is 5.97 Å². The number of aromatic nitrogens is 2. The third-order valence-corrected chi connectivity index (χ3v) is 3.43. The molecule has 92 valence electrons. The van der Waals surface area contributed by atoms with Gasteiger partial charge in [0.2, 0.25) is 0 Å². The van der Waals surface area contributed by atoms with Crippen molar-refractivity contribution in [2.24, 2.45) is 5.92 Å². The van der Waals surface area contributed by atoms with E-state index in [2.05, 4.69) is 9.97 Å². The van der Waals surface area contributed by atoms with Crippen molar-refractivity contribution in [1.29, 1.82) is 0 Å². The van der Waals surface area contributed by atoms with Crippen molar-refractivity contribution < 1.29 is 9.90 Å². The molecular formula is C13H18N2O2. The van der Waals surface area contributed by atoms with E-state index in [1.54, 1.807) is 6.20 Å². The Bertz CT molecular complexity index is 414. The van der Waals surface area contributed by atoms with E-state index in [9.17, 15) is 9.90 Å². The second kappa shape index (κ2) is 4.82. The average molecular weight is 234 g/mol. The van der Waals surface area contributed by atoms with E-state index in [0.29, 0.717) is 11.7 Å². The van der Waals surface area contributed by atoms with Gasteiger partial charge in [-0.25, -0.2) is 9.97 Å². The molecule has 1 fully saturated rings. The second-order valence-corrected chi connectivity index (χ2v) is 5.03. The quantitative estimate of drug-likeness (QED) is 0.869. The lowest BCUT2D eigenvalue weighted by atomic mass is 9.82. The van der Waals surface area contributed by atoms with Crippen LogP contribution >= 0.6 is 0 Å². The highest BCUT2D eigenvalue weighted by Gasteiger charge is 2.28. The van der Waals surface area contributed by atoms with Gasteiger partial charge in [0, 0.05) is 17.8 Å².